The number of benzene rings is 1. The van der Waals surface area contributed by atoms with Crippen molar-refractivity contribution in [3.63, 3.8) is 0 Å². The summed E-state index contributed by atoms with van der Waals surface area (Å²) in [5, 5.41) is 0. The standard InChI is InChI=1S/C40H56O3/c1-4-25-40(5-2,26-11-13-30(3)28-31-14-9-10-15-31)27-12-18-37(41)34-22-21-32-19-20-33(36(32)29-34)23-24-39(43)35-16-7-6-8-17-38(35)42/h8,16-17,21-22,29,31,33H,3-7,9-15,18-20,23-28H2,1-2H3. The van der Waals surface area contributed by atoms with Gasteiger partial charge in [-0.2, -0.15) is 0 Å². The minimum atomic E-state index is -0.155. The first-order valence-corrected chi connectivity index (χ1v) is 17.6. The van der Waals surface area contributed by atoms with E-state index in [1.165, 1.54) is 80.9 Å². The van der Waals surface area contributed by atoms with Gasteiger partial charge in [0.1, 0.15) is 0 Å². The Morgan fingerprint density at radius 3 is 2.44 bits per heavy atom. The highest BCUT2D eigenvalue weighted by Gasteiger charge is 2.28. The molecule has 0 aliphatic heterocycles. The maximum absolute atomic E-state index is 13.4. The molecule has 1 fully saturated rings. The van der Waals surface area contributed by atoms with Crippen LogP contribution in [-0.4, -0.2) is 17.3 Å². The normalized spacial score (nSPS) is 20.0. The van der Waals surface area contributed by atoms with Gasteiger partial charge in [-0.15, -0.1) is 0 Å². The molecule has 1 saturated carbocycles. The van der Waals surface area contributed by atoms with E-state index in [0.717, 1.165) is 62.8 Å². The summed E-state index contributed by atoms with van der Waals surface area (Å²) < 4.78 is 0. The maximum atomic E-state index is 13.4. The molecular formula is C40H56O3. The number of fused-ring (bicyclic) bond motifs is 1. The maximum Gasteiger partial charge on any atom is 0.188 e. The van der Waals surface area contributed by atoms with Gasteiger partial charge in [0.2, 0.25) is 0 Å². The molecule has 0 spiro atoms. The molecule has 0 bridgehead atoms. The summed E-state index contributed by atoms with van der Waals surface area (Å²) in [6, 6.07) is 6.28. The molecule has 0 aromatic heterocycles. The van der Waals surface area contributed by atoms with Gasteiger partial charge in [0.25, 0.3) is 0 Å². The average Bonchev–Trinajstić information content (AvgIpc) is 3.61. The van der Waals surface area contributed by atoms with Crippen molar-refractivity contribution in [3.05, 3.63) is 70.8 Å². The van der Waals surface area contributed by atoms with E-state index in [0.29, 0.717) is 23.8 Å². The first kappa shape index (κ1) is 33.3. The van der Waals surface area contributed by atoms with Crippen LogP contribution in [0.3, 0.4) is 0 Å². The molecule has 0 saturated heterocycles. The zero-order chi connectivity index (χ0) is 30.7. The number of aryl methyl sites for hydroxylation is 1. The number of carbonyl (C=O) groups excluding carboxylic acids is 3. The number of rotatable bonds is 18. The summed E-state index contributed by atoms with van der Waals surface area (Å²) in [5.41, 5.74) is 5.52. The Bertz CT molecular complexity index is 1190. The van der Waals surface area contributed by atoms with Crippen LogP contribution >= 0.6 is 0 Å². The molecule has 0 amide bonds. The quantitative estimate of drug-likeness (QED) is 0.0979. The van der Waals surface area contributed by atoms with Crippen molar-refractivity contribution in [2.45, 2.75) is 148 Å². The average molecular weight is 585 g/mol. The molecule has 2 unspecified atom stereocenters. The summed E-state index contributed by atoms with van der Waals surface area (Å²) in [6.07, 6.45) is 26.6. The van der Waals surface area contributed by atoms with Gasteiger partial charge in [-0.25, -0.2) is 0 Å². The second kappa shape index (κ2) is 16.5. The molecule has 4 rings (SSSR count). The van der Waals surface area contributed by atoms with Gasteiger partial charge >= 0.3 is 0 Å². The molecule has 0 heterocycles. The van der Waals surface area contributed by atoms with E-state index in [4.69, 9.17) is 0 Å². The van der Waals surface area contributed by atoms with Crippen LogP contribution in [0, 0.1) is 11.3 Å². The summed E-state index contributed by atoms with van der Waals surface area (Å²) in [7, 11) is 0. The fourth-order valence-corrected chi connectivity index (χ4v) is 8.20. The lowest BCUT2D eigenvalue weighted by Gasteiger charge is -2.33. The Morgan fingerprint density at radius 2 is 1.70 bits per heavy atom. The molecule has 0 N–H and O–H groups in total. The van der Waals surface area contributed by atoms with E-state index in [9.17, 15) is 14.4 Å². The lowest BCUT2D eigenvalue weighted by Crippen LogP contribution is -2.20. The minimum absolute atomic E-state index is 0.0400. The van der Waals surface area contributed by atoms with Gasteiger partial charge < -0.3 is 0 Å². The summed E-state index contributed by atoms with van der Waals surface area (Å²) >= 11 is 0. The Morgan fingerprint density at radius 1 is 0.930 bits per heavy atom. The molecule has 3 heteroatoms. The topological polar surface area (TPSA) is 51.2 Å². The van der Waals surface area contributed by atoms with Crippen LogP contribution < -0.4 is 0 Å². The number of ketones is 3. The van der Waals surface area contributed by atoms with Crippen LogP contribution in [0.15, 0.2) is 54.2 Å². The molecule has 0 radical (unpaired) electrons. The van der Waals surface area contributed by atoms with Crippen molar-refractivity contribution in [2.75, 3.05) is 0 Å². The zero-order valence-corrected chi connectivity index (χ0v) is 27.2. The Labute approximate surface area is 261 Å². The fourth-order valence-electron chi connectivity index (χ4n) is 8.20. The second-order valence-electron chi connectivity index (χ2n) is 13.9. The molecule has 43 heavy (non-hydrogen) atoms. The fraction of sp³-hybridized carbons (Fsp3) is 0.625. The molecule has 1 aromatic carbocycles. The molecule has 3 aliphatic rings. The molecular weight excluding hydrogens is 528 g/mol. The highest BCUT2D eigenvalue weighted by molar-refractivity contribution is 6.24. The van der Waals surface area contributed by atoms with E-state index in [-0.39, 0.29) is 23.3 Å². The third kappa shape index (κ3) is 9.47. The van der Waals surface area contributed by atoms with Crippen LogP contribution in [0.2, 0.25) is 0 Å². The van der Waals surface area contributed by atoms with Crippen LogP contribution in [-0.2, 0) is 16.0 Å². The first-order valence-electron chi connectivity index (χ1n) is 17.6. The second-order valence-corrected chi connectivity index (χ2v) is 13.9. The third-order valence-electron chi connectivity index (χ3n) is 10.8. The summed E-state index contributed by atoms with van der Waals surface area (Å²) in [5.74, 6) is 1.22. The molecule has 3 aliphatic carbocycles. The molecule has 2 atom stereocenters. The Balaban J connectivity index is 1.27. The van der Waals surface area contributed by atoms with Crippen molar-refractivity contribution in [2.24, 2.45) is 11.3 Å². The largest absolute Gasteiger partial charge is 0.294 e. The number of hydrogen-bond acceptors (Lipinski definition) is 3. The number of carbonyl (C=O) groups is 3. The van der Waals surface area contributed by atoms with Gasteiger partial charge in [-0.1, -0.05) is 88.8 Å². The van der Waals surface area contributed by atoms with Crippen molar-refractivity contribution in [1.29, 1.82) is 0 Å². The first-order chi connectivity index (χ1) is 20.8. The van der Waals surface area contributed by atoms with E-state index in [2.05, 4.69) is 32.6 Å². The third-order valence-corrected chi connectivity index (χ3v) is 10.8. The highest BCUT2D eigenvalue weighted by atomic mass is 16.1. The van der Waals surface area contributed by atoms with E-state index in [1.807, 2.05) is 18.2 Å². The summed E-state index contributed by atoms with van der Waals surface area (Å²) in [6.45, 7) is 9.07. The van der Waals surface area contributed by atoms with Crippen LogP contribution in [0.1, 0.15) is 163 Å². The molecule has 3 nitrogen and oxygen atoms in total. The lowest BCUT2D eigenvalue weighted by molar-refractivity contribution is -0.119. The van der Waals surface area contributed by atoms with Gasteiger partial charge in [0.15, 0.2) is 17.3 Å². The van der Waals surface area contributed by atoms with Crippen molar-refractivity contribution >= 4 is 17.3 Å². The molecule has 234 valence electrons. The van der Waals surface area contributed by atoms with Gasteiger partial charge in [0, 0.05) is 18.4 Å². The monoisotopic (exact) mass is 584 g/mol. The van der Waals surface area contributed by atoms with E-state index < -0.39 is 0 Å². The van der Waals surface area contributed by atoms with Crippen molar-refractivity contribution in [1.82, 2.24) is 0 Å². The van der Waals surface area contributed by atoms with Gasteiger partial charge in [0.05, 0.1) is 5.57 Å². The van der Waals surface area contributed by atoms with Crippen molar-refractivity contribution in [3.8, 4) is 0 Å². The predicted octanol–water partition coefficient (Wildman–Crippen LogP) is 10.8. The van der Waals surface area contributed by atoms with E-state index in [1.54, 1.807) is 6.08 Å². The number of allylic oxidation sites excluding steroid dienone is 5. The van der Waals surface area contributed by atoms with Crippen molar-refractivity contribution < 1.29 is 14.4 Å². The minimum Gasteiger partial charge on any atom is -0.294 e. The van der Waals surface area contributed by atoms with Crippen LogP contribution in [0.5, 0.6) is 0 Å². The highest BCUT2D eigenvalue weighted by Crippen LogP contribution is 2.41. The van der Waals surface area contributed by atoms with Gasteiger partial charge in [-0.05, 0) is 118 Å². The van der Waals surface area contributed by atoms with Gasteiger partial charge in [-0.3, -0.25) is 14.4 Å². The Hall–Kier alpha value is -2.55. The van der Waals surface area contributed by atoms with E-state index >= 15 is 0 Å². The number of hydrogen-bond donors (Lipinski definition) is 0. The predicted molar refractivity (Wildman–Crippen MR) is 179 cm³/mol. The lowest BCUT2D eigenvalue weighted by atomic mass is 9.72. The van der Waals surface area contributed by atoms with Crippen LogP contribution in [0.4, 0.5) is 0 Å². The van der Waals surface area contributed by atoms with Crippen LogP contribution in [0.25, 0.3) is 0 Å². The SMILES string of the molecule is C=C(CCCC(CC)(CCC)CCCC(=O)c1ccc2c(c1)C(CCC(=O)C1=CCCC=CC1=O)CC2)CC1CCCC1. The number of Topliss-reactive ketones (excluding diaryl/α,β-unsaturated/α-hetero) is 2. The zero-order valence-electron chi connectivity index (χ0n) is 27.2. The summed E-state index contributed by atoms with van der Waals surface area (Å²) in [4.78, 5) is 38.5. The molecule has 1 aromatic rings. The Kier molecular flexibility index (Phi) is 12.8. The smallest absolute Gasteiger partial charge is 0.188 e.